The summed E-state index contributed by atoms with van der Waals surface area (Å²) in [4.78, 5) is 12.0. The Morgan fingerprint density at radius 2 is 2.25 bits per heavy atom. The van der Waals surface area contributed by atoms with Gasteiger partial charge in [0, 0.05) is 12.3 Å². The van der Waals surface area contributed by atoms with Crippen LogP contribution in [0.5, 0.6) is 5.75 Å². The van der Waals surface area contributed by atoms with E-state index in [2.05, 4.69) is 20.3 Å². The molecule has 0 spiro atoms. The number of halogens is 1. The van der Waals surface area contributed by atoms with Gasteiger partial charge in [-0.25, -0.2) is 4.98 Å². The van der Waals surface area contributed by atoms with Crippen LogP contribution in [0.4, 0.5) is 15.9 Å². The summed E-state index contributed by atoms with van der Waals surface area (Å²) in [5.41, 5.74) is 2.38. The van der Waals surface area contributed by atoms with E-state index in [0.717, 1.165) is 18.4 Å². The van der Waals surface area contributed by atoms with E-state index in [1.807, 2.05) is 6.92 Å². The van der Waals surface area contributed by atoms with Crippen molar-refractivity contribution in [3.05, 3.63) is 36.2 Å². The van der Waals surface area contributed by atoms with Gasteiger partial charge in [0.2, 0.25) is 0 Å². The number of aryl methyl sites for hydroxylation is 1. The van der Waals surface area contributed by atoms with Crippen molar-refractivity contribution in [3.63, 3.8) is 0 Å². The second-order valence-corrected chi connectivity index (χ2v) is 5.76. The molecule has 2 aromatic heterocycles. The van der Waals surface area contributed by atoms with Crippen LogP contribution in [0, 0.1) is 13.0 Å². The summed E-state index contributed by atoms with van der Waals surface area (Å²) in [7, 11) is 0. The zero-order valence-corrected chi connectivity index (χ0v) is 13.0. The minimum Gasteiger partial charge on any atom is -0.508 e. The highest BCUT2D eigenvalue weighted by Gasteiger charge is 2.22. The number of imidazole rings is 1. The SMILES string of the molecule is Cc1cc(O)ccc1Nc1nc(F)nc2c1ncn2C1CCCO1. The topological polar surface area (TPSA) is 85.1 Å². The van der Waals surface area contributed by atoms with Crippen LogP contribution in [0.25, 0.3) is 11.2 Å². The lowest BCUT2D eigenvalue weighted by Crippen LogP contribution is -2.08. The summed E-state index contributed by atoms with van der Waals surface area (Å²) < 4.78 is 21.3. The summed E-state index contributed by atoms with van der Waals surface area (Å²) in [6.07, 6.45) is 2.39. The molecule has 124 valence electrons. The lowest BCUT2D eigenvalue weighted by atomic mass is 10.2. The first-order valence-corrected chi connectivity index (χ1v) is 7.70. The Bertz CT molecular complexity index is 905. The van der Waals surface area contributed by atoms with Crippen molar-refractivity contribution in [2.24, 2.45) is 0 Å². The summed E-state index contributed by atoms with van der Waals surface area (Å²) in [5.74, 6) is 0.447. The standard InChI is InChI=1S/C16H16FN5O2/c1-9-7-10(23)4-5-11(9)19-14-13-15(21-16(17)20-14)22(8-18-13)12-3-2-6-24-12/h4-5,7-8,12,23H,2-3,6H2,1H3,(H,19,20,21). The first-order valence-electron chi connectivity index (χ1n) is 7.70. The van der Waals surface area contributed by atoms with Gasteiger partial charge in [0.05, 0.1) is 6.33 Å². The van der Waals surface area contributed by atoms with Crippen molar-refractivity contribution in [1.82, 2.24) is 19.5 Å². The van der Waals surface area contributed by atoms with Gasteiger partial charge in [-0.3, -0.25) is 4.57 Å². The number of benzene rings is 1. The maximum Gasteiger partial charge on any atom is 0.312 e. The largest absolute Gasteiger partial charge is 0.508 e. The Morgan fingerprint density at radius 1 is 1.38 bits per heavy atom. The highest BCUT2D eigenvalue weighted by atomic mass is 19.1. The molecule has 1 aromatic carbocycles. The molecule has 0 saturated carbocycles. The number of rotatable bonds is 3. The van der Waals surface area contributed by atoms with E-state index in [-0.39, 0.29) is 17.8 Å². The van der Waals surface area contributed by atoms with Gasteiger partial charge in [-0.15, -0.1) is 0 Å². The monoisotopic (exact) mass is 329 g/mol. The van der Waals surface area contributed by atoms with Crippen LogP contribution < -0.4 is 5.32 Å². The molecule has 3 heterocycles. The average Bonchev–Trinajstić information content (AvgIpc) is 3.18. The zero-order valence-electron chi connectivity index (χ0n) is 13.0. The lowest BCUT2D eigenvalue weighted by molar-refractivity contribution is 0.0592. The van der Waals surface area contributed by atoms with Gasteiger partial charge in [0.25, 0.3) is 0 Å². The van der Waals surface area contributed by atoms with Crippen LogP contribution in [0.1, 0.15) is 24.6 Å². The Morgan fingerprint density at radius 3 is 3.00 bits per heavy atom. The number of nitrogens with one attached hydrogen (secondary N) is 1. The molecule has 1 unspecified atom stereocenters. The van der Waals surface area contributed by atoms with Crippen LogP contribution >= 0.6 is 0 Å². The third kappa shape index (κ3) is 2.54. The minimum absolute atomic E-state index is 0.166. The normalized spacial score (nSPS) is 17.5. The number of nitrogens with zero attached hydrogens (tertiary/aromatic N) is 4. The van der Waals surface area contributed by atoms with E-state index < -0.39 is 6.08 Å². The van der Waals surface area contributed by atoms with Gasteiger partial charge < -0.3 is 15.2 Å². The number of aromatic nitrogens is 4. The van der Waals surface area contributed by atoms with Crippen LogP contribution in [0.2, 0.25) is 0 Å². The molecule has 8 heteroatoms. The maximum atomic E-state index is 13.9. The maximum absolute atomic E-state index is 13.9. The molecule has 0 radical (unpaired) electrons. The molecule has 0 bridgehead atoms. The number of anilines is 2. The molecule has 24 heavy (non-hydrogen) atoms. The van der Waals surface area contributed by atoms with Gasteiger partial charge in [-0.2, -0.15) is 14.4 Å². The summed E-state index contributed by atoms with van der Waals surface area (Å²) in [6.45, 7) is 2.51. The molecule has 3 aromatic rings. The second-order valence-electron chi connectivity index (χ2n) is 5.76. The lowest BCUT2D eigenvalue weighted by Gasteiger charge is -2.12. The number of hydrogen-bond donors (Lipinski definition) is 2. The van der Waals surface area contributed by atoms with E-state index in [1.165, 1.54) is 0 Å². The molecule has 0 amide bonds. The molecule has 1 aliphatic heterocycles. The Kier molecular flexibility index (Phi) is 3.53. The minimum atomic E-state index is -0.832. The van der Waals surface area contributed by atoms with E-state index in [0.29, 0.717) is 23.5 Å². The van der Waals surface area contributed by atoms with Crippen molar-refractivity contribution < 1.29 is 14.2 Å². The van der Waals surface area contributed by atoms with Crippen molar-refractivity contribution in [3.8, 4) is 5.75 Å². The van der Waals surface area contributed by atoms with Crippen molar-refractivity contribution in [2.75, 3.05) is 11.9 Å². The van der Waals surface area contributed by atoms with E-state index in [1.54, 1.807) is 29.1 Å². The highest BCUT2D eigenvalue weighted by molar-refractivity contribution is 5.85. The van der Waals surface area contributed by atoms with Crippen LogP contribution in [-0.4, -0.2) is 31.2 Å². The zero-order chi connectivity index (χ0) is 16.7. The summed E-state index contributed by atoms with van der Waals surface area (Å²) >= 11 is 0. The molecule has 1 atom stereocenters. The fourth-order valence-corrected chi connectivity index (χ4v) is 2.88. The Balaban J connectivity index is 1.77. The van der Waals surface area contributed by atoms with Gasteiger partial charge in [0.1, 0.15) is 12.0 Å². The number of phenols is 1. The molecule has 1 fully saturated rings. The molecular weight excluding hydrogens is 313 g/mol. The molecule has 7 nitrogen and oxygen atoms in total. The van der Waals surface area contributed by atoms with Crippen molar-refractivity contribution >= 4 is 22.7 Å². The van der Waals surface area contributed by atoms with E-state index in [9.17, 15) is 9.50 Å². The van der Waals surface area contributed by atoms with Crippen LogP contribution in [0.3, 0.4) is 0 Å². The molecule has 0 aliphatic carbocycles. The number of ether oxygens (including phenoxy) is 1. The number of hydrogen-bond acceptors (Lipinski definition) is 6. The van der Waals surface area contributed by atoms with E-state index >= 15 is 0 Å². The van der Waals surface area contributed by atoms with Crippen molar-refractivity contribution in [2.45, 2.75) is 26.0 Å². The molecular formula is C16H16FN5O2. The average molecular weight is 329 g/mol. The van der Waals surface area contributed by atoms with Crippen LogP contribution in [-0.2, 0) is 4.74 Å². The number of fused-ring (bicyclic) bond motifs is 1. The predicted octanol–water partition coefficient (Wildman–Crippen LogP) is 3.03. The third-order valence-electron chi connectivity index (χ3n) is 4.07. The summed E-state index contributed by atoms with van der Waals surface area (Å²) in [6, 6.07) is 4.87. The van der Waals surface area contributed by atoms with Crippen molar-refractivity contribution in [1.29, 1.82) is 0 Å². The number of aromatic hydroxyl groups is 1. The fraction of sp³-hybridized carbons (Fsp3) is 0.312. The highest BCUT2D eigenvalue weighted by Crippen LogP contribution is 2.30. The van der Waals surface area contributed by atoms with Gasteiger partial charge >= 0.3 is 6.08 Å². The fourth-order valence-electron chi connectivity index (χ4n) is 2.88. The quantitative estimate of drug-likeness (QED) is 0.567. The Labute approximate surface area is 137 Å². The first kappa shape index (κ1) is 14.8. The Hall–Kier alpha value is -2.74. The number of phenolic OH excluding ortho intramolecular Hbond substituents is 1. The molecule has 1 aliphatic rings. The van der Waals surface area contributed by atoms with Crippen LogP contribution in [0.15, 0.2) is 24.5 Å². The molecule has 2 N–H and O–H groups in total. The smallest absolute Gasteiger partial charge is 0.312 e. The van der Waals surface area contributed by atoms with Gasteiger partial charge in [-0.1, -0.05) is 0 Å². The first-order chi connectivity index (χ1) is 11.6. The van der Waals surface area contributed by atoms with Gasteiger partial charge in [-0.05, 0) is 43.5 Å². The molecule has 1 saturated heterocycles. The molecule has 4 rings (SSSR count). The predicted molar refractivity (Wildman–Crippen MR) is 85.6 cm³/mol. The van der Waals surface area contributed by atoms with Gasteiger partial charge in [0.15, 0.2) is 17.0 Å². The summed E-state index contributed by atoms with van der Waals surface area (Å²) in [5, 5.41) is 12.6. The second kappa shape index (κ2) is 5.72. The van der Waals surface area contributed by atoms with E-state index in [4.69, 9.17) is 4.74 Å². The third-order valence-corrected chi connectivity index (χ3v) is 4.07.